The molecule has 1 heterocycles. The van der Waals surface area contributed by atoms with Crippen LogP contribution in [0.4, 0.5) is 13.2 Å². The number of carbonyl (C=O) groups is 2. The fraction of sp³-hybridized carbons (Fsp3) is 0.346. The third-order valence-electron chi connectivity index (χ3n) is 6.12. The molecule has 3 rings (SSSR count). The third-order valence-corrected chi connectivity index (χ3v) is 6.12. The van der Waals surface area contributed by atoms with Crippen LogP contribution in [0.1, 0.15) is 48.7 Å². The lowest BCUT2D eigenvalue weighted by molar-refractivity contribution is -0.142. The van der Waals surface area contributed by atoms with E-state index in [1.165, 1.54) is 25.3 Å². The van der Waals surface area contributed by atoms with Crippen LogP contribution in [0.5, 0.6) is 11.6 Å². The summed E-state index contributed by atoms with van der Waals surface area (Å²) in [6.45, 7) is 5.15. The van der Waals surface area contributed by atoms with Crippen LogP contribution >= 0.6 is 0 Å². The summed E-state index contributed by atoms with van der Waals surface area (Å²) in [5.74, 6) is -1.54. The van der Waals surface area contributed by atoms with Crippen molar-refractivity contribution >= 4 is 22.8 Å². The van der Waals surface area contributed by atoms with E-state index in [0.29, 0.717) is 17.4 Å². The number of nitrogens with one attached hydrogen (secondary N) is 1. The van der Waals surface area contributed by atoms with Gasteiger partial charge in [-0.1, -0.05) is 39.0 Å². The molecule has 2 aromatic carbocycles. The van der Waals surface area contributed by atoms with E-state index in [4.69, 9.17) is 9.47 Å². The average Bonchev–Trinajstić information content (AvgIpc) is 2.84. The number of rotatable bonds is 9. The smallest absolute Gasteiger partial charge is 0.416 e. The second-order valence-corrected chi connectivity index (χ2v) is 8.94. The highest BCUT2D eigenvalue weighted by molar-refractivity contribution is 6.04. The van der Waals surface area contributed by atoms with Gasteiger partial charge in [0.05, 0.1) is 18.2 Å². The van der Waals surface area contributed by atoms with Crippen LogP contribution in [0.25, 0.3) is 10.9 Å². The number of fused-ring (bicyclic) bond motifs is 1. The van der Waals surface area contributed by atoms with E-state index in [1.807, 2.05) is 6.92 Å². The Morgan fingerprint density at radius 2 is 1.69 bits per heavy atom. The zero-order chi connectivity index (χ0) is 26.7. The molecule has 0 fully saturated rings. The summed E-state index contributed by atoms with van der Waals surface area (Å²) in [6.07, 6.45) is -3.97. The highest BCUT2D eigenvalue weighted by atomic mass is 19.4. The molecule has 1 amide bonds. The van der Waals surface area contributed by atoms with Crippen LogP contribution < -0.4 is 14.8 Å². The number of aromatic nitrogens is 1. The Bertz CT molecular complexity index is 1260. The largest absolute Gasteiger partial charge is 0.486 e. The number of benzene rings is 2. The van der Waals surface area contributed by atoms with E-state index in [1.54, 1.807) is 32.0 Å². The molecule has 0 aliphatic rings. The van der Waals surface area contributed by atoms with Crippen molar-refractivity contribution in [2.24, 2.45) is 5.41 Å². The molecular formula is C26H27F3N2O5. The van der Waals surface area contributed by atoms with Crippen LogP contribution in [0.2, 0.25) is 0 Å². The molecule has 1 unspecified atom stereocenters. The third kappa shape index (κ3) is 5.87. The second-order valence-electron chi connectivity index (χ2n) is 8.94. The average molecular weight is 505 g/mol. The first-order valence-corrected chi connectivity index (χ1v) is 11.2. The molecule has 0 aliphatic heterocycles. The Kier molecular flexibility index (Phi) is 7.76. The lowest BCUT2D eigenvalue weighted by Crippen LogP contribution is -2.50. The standard InChI is InChI=1S/C26H27F3N2O5/c1-5-25(2,3)22(24(33)34)31-23(32)18-12-8-16-9-13-19(35-4)30-20(16)21(18)36-14-15-6-10-17(11-7-15)26(27,28)29/h6-13,22H,5,14H2,1-4H3,(H,31,32)(H,33,34). The Hall–Kier alpha value is -3.82. The van der Waals surface area contributed by atoms with Gasteiger partial charge in [0.15, 0.2) is 5.75 Å². The number of alkyl halides is 3. The van der Waals surface area contributed by atoms with Crippen molar-refractivity contribution in [3.05, 3.63) is 65.2 Å². The van der Waals surface area contributed by atoms with E-state index in [2.05, 4.69) is 10.3 Å². The SMILES string of the molecule is CCC(C)(C)C(NC(=O)c1ccc2ccc(OC)nc2c1OCc1ccc(C(F)(F)F)cc1)C(=O)O. The van der Waals surface area contributed by atoms with E-state index < -0.39 is 35.1 Å². The number of pyridine rings is 1. The summed E-state index contributed by atoms with van der Waals surface area (Å²) in [7, 11) is 1.43. The number of ether oxygens (including phenoxy) is 2. The van der Waals surface area contributed by atoms with E-state index >= 15 is 0 Å². The van der Waals surface area contributed by atoms with Gasteiger partial charge in [-0.25, -0.2) is 9.78 Å². The molecule has 192 valence electrons. The summed E-state index contributed by atoms with van der Waals surface area (Å²) < 4.78 is 49.8. The topological polar surface area (TPSA) is 97.8 Å². The Morgan fingerprint density at radius 1 is 1.06 bits per heavy atom. The van der Waals surface area contributed by atoms with Crippen molar-refractivity contribution < 1.29 is 37.3 Å². The number of nitrogens with zero attached hydrogens (tertiary/aromatic N) is 1. The van der Waals surface area contributed by atoms with Crippen LogP contribution in [-0.2, 0) is 17.6 Å². The molecule has 0 saturated carbocycles. The minimum atomic E-state index is -4.46. The zero-order valence-electron chi connectivity index (χ0n) is 20.3. The number of aliphatic carboxylic acids is 1. The molecule has 7 nitrogen and oxygen atoms in total. The fourth-order valence-electron chi connectivity index (χ4n) is 3.53. The summed E-state index contributed by atoms with van der Waals surface area (Å²) in [5, 5.41) is 12.9. The molecule has 0 bridgehead atoms. The molecule has 0 radical (unpaired) electrons. The molecule has 3 aromatic rings. The van der Waals surface area contributed by atoms with Gasteiger partial charge in [0.25, 0.3) is 5.91 Å². The number of amides is 1. The minimum Gasteiger partial charge on any atom is -0.486 e. The Balaban J connectivity index is 2.01. The molecule has 1 atom stereocenters. The predicted molar refractivity (Wildman–Crippen MR) is 127 cm³/mol. The molecular weight excluding hydrogens is 477 g/mol. The normalized spacial score (nSPS) is 12.8. The van der Waals surface area contributed by atoms with Crippen molar-refractivity contribution in [2.45, 2.75) is 46.0 Å². The summed E-state index contributed by atoms with van der Waals surface area (Å²) in [4.78, 5) is 29.6. The van der Waals surface area contributed by atoms with Crippen LogP contribution in [0.15, 0.2) is 48.5 Å². The number of carboxylic acids is 1. The number of hydrogen-bond acceptors (Lipinski definition) is 5. The van der Waals surface area contributed by atoms with Crippen molar-refractivity contribution in [2.75, 3.05) is 7.11 Å². The van der Waals surface area contributed by atoms with Gasteiger partial charge in [-0.15, -0.1) is 0 Å². The predicted octanol–water partition coefficient (Wildman–Crippen LogP) is 5.46. The van der Waals surface area contributed by atoms with E-state index in [0.717, 1.165) is 12.1 Å². The number of hydrogen-bond donors (Lipinski definition) is 2. The molecule has 10 heteroatoms. The van der Waals surface area contributed by atoms with Gasteiger partial charge in [0.2, 0.25) is 5.88 Å². The van der Waals surface area contributed by atoms with Gasteiger partial charge in [-0.2, -0.15) is 13.2 Å². The zero-order valence-corrected chi connectivity index (χ0v) is 20.3. The molecule has 36 heavy (non-hydrogen) atoms. The number of carboxylic acid groups (broad SMARTS) is 1. The number of halogens is 3. The Morgan fingerprint density at radius 3 is 2.25 bits per heavy atom. The van der Waals surface area contributed by atoms with Gasteiger partial charge >= 0.3 is 12.1 Å². The van der Waals surface area contributed by atoms with Crippen LogP contribution in [0.3, 0.4) is 0 Å². The number of methoxy groups -OCH3 is 1. The first kappa shape index (κ1) is 26.8. The van der Waals surface area contributed by atoms with Gasteiger partial charge in [0, 0.05) is 11.5 Å². The molecule has 0 saturated heterocycles. The van der Waals surface area contributed by atoms with Crippen molar-refractivity contribution in [1.82, 2.24) is 10.3 Å². The quantitative estimate of drug-likeness (QED) is 0.402. The van der Waals surface area contributed by atoms with Crippen molar-refractivity contribution in [1.29, 1.82) is 0 Å². The van der Waals surface area contributed by atoms with Crippen LogP contribution in [0, 0.1) is 5.41 Å². The number of carbonyl (C=O) groups excluding carboxylic acids is 1. The first-order valence-electron chi connectivity index (χ1n) is 11.2. The van der Waals surface area contributed by atoms with Crippen LogP contribution in [-0.4, -0.2) is 35.1 Å². The van der Waals surface area contributed by atoms with Gasteiger partial charge in [-0.3, -0.25) is 4.79 Å². The van der Waals surface area contributed by atoms with E-state index in [9.17, 15) is 27.9 Å². The summed E-state index contributed by atoms with van der Waals surface area (Å²) in [5.41, 5.74) is -0.768. The van der Waals surface area contributed by atoms with Crippen molar-refractivity contribution in [3.8, 4) is 11.6 Å². The van der Waals surface area contributed by atoms with Gasteiger partial charge < -0.3 is 19.9 Å². The lowest BCUT2D eigenvalue weighted by atomic mass is 9.81. The second kappa shape index (κ2) is 10.4. The monoisotopic (exact) mass is 504 g/mol. The van der Waals surface area contributed by atoms with Gasteiger partial charge in [0.1, 0.15) is 18.2 Å². The van der Waals surface area contributed by atoms with E-state index in [-0.39, 0.29) is 29.3 Å². The molecule has 2 N–H and O–H groups in total. The van der Waals surface area contributed by atoms with Crippen molar-refractivity contribution in [3.63, 3.8) is 0 Å². The highest BCUT2D eigenvalue weighted by Gasteiger charge is 2.36. The molecule has 1 aromatic heterocycles. The fourth-order valence-corrected chi connectivity index (χ4v) is 3.53. The summed E-state index contributed by atoms with van der Waals surface area (Å²) >= 11 is 0. The van der Waals surface area contributed by atoms with Gasteiger partial charge in [-0.05, 0) is 41.7 Å². The maximum atomic E-state index is 13.3. The maximum Gasteiger partial charge on any atom is 0.416 e. The molecule has 0 aliphatic carbocycles. The minimum absolute atomic E-state index is 0.0355. The first-order chi connectivity index (χ1) is 16.9. The maximum absolute atomic E-state index is 13.3. The highest BCUT2D eigenvalue weighted by Crippen LogP contribution is 2.33. The molecule has 0 spiro atoms. The Labute approximate surface area is 206 Å². The summed E-state index contributed by atoms with van der Waals surface area (Å²) in [6, 6.07) is 9.76. The lowest BCUT2D eigenvalue weighted by Gasteiger charge is -2.31.